The van der Waals surface area contributed by atoms with Crippen LogP contribution in [0.3, 0.4) is 0 Å². The average molecular weight is 529 g/mol. The number of hydrogen-bond acceptors (Lipinski definition) is 8. The van der Waals surface area contributed by atoms with Gasteiger partial charge < -0.3 is 24.8 Å². The van der Waals surface area contributed by atoms with E-state index in [9.17, 15) is 29.7 Å². The van der Waals surface area contributed by atoms with Crippen molar-refractivity contribution in [2.45, 2.75) is 109 Å². The normalized spacial score (nSPS) is 45.9. The Hall–Kier alpha value is -2.29. The van der Waals surface area contributed by atoms with Crippen molar-refractivity contribution < 1.29 is 39.2 Å². The maximum Gasteiger partial charge on any atom is 0.334 e. The van der Waals surface area contributed by atoms with Crippen molar-refractivity contribution >= 4 is 17.7 Å². The molecule has 0 spiro atoms. The first-order valence-corrected chi connectivity index (χ1v) is 13.7. The molecule has 5 aliphatic rings. The molecule has 0 amide bonds. The predicted molar refractivity (Wildman–Crippen MR) is 137 cm³/mol. The van der Waals surface area contributed by atoms with Crippen molar-refractivity contribution in [2.24, 2.45) is 22.7 Å². The zero-order valence-corrected chi connectivity index (χ0v) is 23.2. The highest BCUT2D eigenvalue weighted by atomic mass is 16.6. The quantitative estimate of drug-likeness (QED) is 0.376. The first kappa shape index (κ1) is 27.3. The van der Waals surface area contributed by atoms with E-state index in [0.717, 1.165) is 11.1 Å². The van der Waals surface area contributed by atoms with Crippen molar-refractivity contribution in [2.75, 3.05) is 0 Å². The number of ether oxygens (including phenoxy) is 2. The molecule has 0 aromatic rings. The second kappa shape index (κ2) is 8.35. The monoisotopic (exact) mass is 528 g/mol. The molecular weight excluding hydrogens is 488 g/mol. The number of carbonyl (C=O) groups is 3. The largest absolute Gasteiger partial charge is 0.459 e. The fraction of sp³-hybridized carbons (Fsp3) is 0.700. The summed E-state index contributed by atoms with van der Waals surface area (Å²) in [6, 6.07) is 0. The molecule has 0 aromatic carbocycles. The van der Waals surface area contributed by atoms with Crippen LogP contribution in [0.4, 0.5) is 0 Å². The van der Waals surface area contributed by atoms with Crippen LogP contribution >= 0.6 is 0 Å². The molecule has 208 valence electrons. The molecule has 0 radical (unpaired) electrons. The molecule has 38 heavy (non-hydrogen) atoms. The van der Waals surface area contributed by atoms with Crippen LogP contribution in [-0.2, 0) is 23.9 Å². The van der Waals surface area contributed by atoms with Crippen LogP contribution in [-0.4, -0.2) is 62.1 Å². The number of rotatable bonds is 3. The summed E-state index contributed by atoms with van der Waals surface area (Å²) >= 11 is 0. The van der Waals surface area contributed by atoms with Crippen molar-refractivity contribution in [3.05, 3.63) is 34.9 Å². The number of ketones is 1. The Labute approximate surface area is 223 Å². The Morgan fingerprint density at radius 1 is 1.18 bits per heavy atom. The van der Waals surface area contributed by atoms with Gasteiger partial charge in [-0.05, 0) is 77.7 Å². The van der Waals surface area contributed by atoms with Gasteiger partial charge in [0.25, 0.3) is 0 Å². The van der Waals surface area contributed by atoms with Gasteiger partial charge in [0.1, 0.15) is 29.0 Å². The van der Waals surface area contributed by atoms with Crippen LogP contribution in [0.1, 0.15) is 80.1 Å². The van der Waals surface area contributed by atoms with Crippen molar-refractivity contribution in [3.63, 3.8) is 0 Å². The van der Waals surface area contributed by atoms with E-state index in [1.165, 1.54) is 13.0 Å². The van der Waals surface area contributed by atoms with E-state index < -0.39 is 51.8 Å². The van der Waals surface area contributed by atoms with Crippen LogP contribution in [0.25, 0.3) is 0 Å². The van der Waals surface area contributed by atoms with Crippen LogP contribution < -0.4 is 0 Å². The molecule has 1 heterocycles. The number of esters is 2. The smallest absolute Gasteiger partial charge is 0.334 e. The molecule has 0 saturated heterocycles. The lowest BCUT2D eigenvalue weighted by Gasteiger charge is -2.63. The second-order valence-corrected chi connectivity index (χ2v) is 12.9. The minimum Gasteiger partial charge on any atom is -0.459 e. The summed E-state index contributed by atoms with van der Waals surface area (Å²) in [6.07, 6.45) is 5.32. The molecule has 2 saturated carbocycles. The fourth-order valence-corrected chi connectivity index (χ4v) is 8.60. The van der Waals surface area contributed by atoms with Crippen molar-refractivity contribution in [3.8, 4) is 0 Å². The van der Waals surface area contributed by atoms with Gasteiger partial charge in [-0.25, -0.2) is 4.79 Å². The zero-order chi connectivity index (χ0) is 28.1. The highest BCUT2D eigenvalue weighted by Crippen LogP contribution is 2.68. The van der Waals surface area contributed by atoms with Gasteiger partial charge in [-0.1, -0.05) is 30.2 Å². The SMILES string of the molecule is CC(=O)O[C@@H]1C[C@H]2C3=CC[C@@](O)([C@@](C)(O)[C@H]4CC(C)=C(C)C(=O)O4)[C@@]3(C)CC[C@@H]2[C@@]2(C)C(=O)C=CC[C@]12O. The molecule has 9 atom stereocenters. The average Bonchev–Trinajstić information content (AvgIpc) is 3.12. The highest BCUT2D eigenvalue weighted by Gasteiger charge is 2.72. The van der Waals surface area contributed by atoms with E-state index in [2.05, 4.69) is 0 Å². The van der Waals surface area contributed by atoms with Gasteiger partial charge in [-0.15, -0.1) is 0 Å². The number of hydrogen-bond donors (Lipinski definition) is 3. The van der Waals surface area contributed by atoms with Crippen LogP contribution in [0.15, 0.2) is 34.9 Å². The van der Waals surface area contributed by atoms with E-state index in [1.807, 2.05) is 19.9 Å². The van der Waals surface area contributed by atoms with Gasteiger partial charge >= 0.3 is 11.9 Å². The number of allylic oxidation sites excluding steroid dienone is 1. The van der Waals surface area contributed by atoms with Gasteiger partial charge in [-0.3, -0.25) is 9.59 Å². The standard InChI is InChI=1S/C30H40O8/c1-16-14-23(38-25(33)17(16)2)28(6,34)30(36)13-10-20-19-15-24(37-18(3)31)29(35)11-7-8-22(32)27(29,5)21(19)9-12-26(20,30)4/h7-8,10,19,21,23-24,34-36H,9,11-15H2,1-6H3/t19-,21-,23+,24+,26-,27-,28-,29-,30-/m0/s1. The molecular formula is C30H40O8. The third-order valence-electron chi connectivity index (χ3n) is 11.3. The number of aliphatic hydroxyl groups is 3. The molecule has 8 nitrogen and oxygen atoms in total. The van der Waals surface area contributed by atoms with E-state index in [0.29, 0.717) is 31.3 Å². The summed E-state index contributed by atoms with van der Waals surface area (Å²) in [5.41, 5.74) is -4.73. The fourth-order valence-electron chi connectivity index (χ4n) is 8.60. The maximum atomic E-state index is 13.4. The Bertz CT molecular complexity index is 1190. The summed E-state index contributed by atoms with van der Waals surface area (Å²) < 4.78 is 11.3. The molecule has 4 aliphatic carbocycles. The molecule has 0 aromatic heterocycles. The van der Waals surface area contributed by atoms with E-state index in [1.54, 1.807) is 26.8 Å². The molecule has 2 fully saturated rings. The van der Waals surface area contributed by atoms with Gasteiger partial charge in [0, 0.05) is 24.3 Å². The first-order valence-electron chi connectivity index (χ1n) is 13.7. The maximum absolute atomic E-state index is 13.4. The number of fused-ring (bicyclic) bond motifs is 5. The Morgan fingerprint density at radius 2 is 1.87 bits per heavy atom. The molecule has 8 heteroatoms. The predicted octanol–water partition coefficient (Wildman–Crippen LogP) is 3.08. The number of cyclic esters (lactones) is 1. The third kappa shape index (κ3) is 3.23. The van der Waals surface area contributed by atoms with E-state index >= 15 is 0 Å². The highest BCUT2D eigenvalue weighted by molar-refractivity contribution is 5.97. The van der Waals surface area contributed by atoms with Gasteiger partial charge in [0.15, 0.2) is 5.78 Å². The third-order valence-corrected chi connectivity index (χ3v) is 11.3. The summed E-state index contributed by atoms with van der Waals surface area (Å²) in [5.74, 6) is -1.68. The topological polar surface area (TPSA) is 130 Å². The van der Waals surface area contributed by atoms with E-state index in [4.69, 9.17) is 9.47 Å². The van der Waals surface area contributed by atoms with Crippen molar-refractivity contribution in [1.29, 1.82) is 0 Å². The molecule has 0 unspecified atom stereocenters. The van der Waals surface area contributed by atoms with Gasteiger partial charge in [0.05, 0.1) is 5.41 Å². The van der Waals surface area contributed by atoms with E-state index in [-0.39, 0.29) is 30.5 Å². The molecule has 1 aliphatic heterocycles. The Morgan fingerprint density at radius 3 is 2.50 bits per heavy atom. The summed E-state index contributed by atoms with van der Waals surface area (Å²) in [4.78, 5) is 38.0. The Balaban J connectivity index is 1.54. The first-order chi connectivity index (χ1) is 17.5. The lowest BCUT2D eigenvalue weighted by Crippen LogP contribution is -2.71. The Kier molecular flexibility index (Phi) is 6.00. The summed E-state index contributed by atoms with van der Waals surface area (Å²) in [7, 11) is 0. The summed E-state index contributed by atoms with van der Waals surface area (Å²) in [5, 5.41) is 36.2. The lowest BCUT2D eigenvalue weighted by atomic mass is 9.43. The summed E-state index contributed by atoms with van der Waals surface area (Å²) in [6.45, 7) is 10.1. The van der Waals surface area contributed by atoms with Crippen molar-refractivity contribution in [1.82, 2.24) is 0 Å². The minimum absolute atomic E-state index is 0.151. The second-order valence-electron chi connectivity index (χ2n) is 12.9. The van der Waals surface area contributed by atoms with Crippen LogP contribution in [0.2, 0.25) is 0 Å². The minimum atomic E-state index is -1.76. The van der Waals surface area contributed by atoms with Gasteiger partial charge in [-0.2, -0.15) is 0 Å². The molecule has 5 rings (SSSR count). The van der Waals surface area contributed by atoms with Gasteiger partial charge in [0.2, 0.25) is 0 Å². The van der Waals surface area contributed by atoms with Crippen LogP contribution in [0.5, 0.6) is 0 Å². The van der Waals surface area contributed by atoms with Crippen LogP contribution in [0, 0.1) is 22.7 Å². The zero-order valence-electron chi connectivity index (χ0n) is 23.2. The molecule has 3 N–H and O–H groups in total. The lowest BCUT2D eigenvalue weighted by molar-refractivity contribution is -0.250. The molecule has 0 bridgehead atoms. The number of carbonyl (C=O) groups excluding carboxylic acids is 3.